The van der Waals surface area contributed by atoms with Crippen molar-refractivity contribution in [3.63, 3.8) is 0 Å². The summed E-state index contributed by atoms with van der Waals surface area (Å²) in [7, 11) is 1.42. The van der Waals surface area contributed by atoms with Crippen molar-refractivity contribution in [2.45, 2.75) is 111 Å². The van der Waals surface area contributed by atoms with Gasteiger partial charge in [-0.2, -0.15) is 0 Å². The molecule has 1 N–H and O–H groups in total. The lowest BCUT2D eigenvalue weighted by Crippen LogP contribution is -2.69. The van der Waals surface area contributed by atoms with Gasteiger partial charge >= 0.3 is 5.97 Å². The highest BCUT2D eigenvalue weighted by Gasteiger charge is 2.70. The zero-order valence-electron chi connectivity index (χ0n) is 30.9. The third kappa shape index (κ3) is 5.12. The van der Waals surface area contributed by atoms with Crippen LogP contribution in [-0.2, 0) is 9.53 Å². The van der Waals surface area contributed by atoms with Gasteiger partial charge in [0.1, 0.15) is 0 Å². The van der Waals surface area contributed by atoms with Crippen LogP contribution in [0.15, 0.2) is 42.5 Å². The fourth-order valence-electron chi connectivity index (χ4n) is 13.6. The Morgan fingerprint density at radius 3 is 2.24 bits per heavy atom. The van der Waals surface area contributed by atoms with Gasteiger partial charge in [0.25, 0.3) is 5.92 Å². The summed E-state index contributed by atoms with van der Waals surface area (Å²) in [4.78, 5) is 27.2. The number of rotatable bonds is 6. The van der Waals surface area contributed by atoms with Gasteiger partial charge in [-0.3, -0.25) is 9.69 Å². The number of alkyl halides is 2. The Labute approximate surface area is 292 Å². The molecule has 1 aliphatic heterocycles. The van der Waals surface area contributed by atoms with Crippen molar-refractivity contribution in [1.82, 2.24) is 10.2 Å². The molecule has 1 amide bonds. The van der Waals surface area contributed by atoms with Crippen molar-refractivity contribution in [3.05, 3.63) is 53.6 Å². The molecule has 6 aliphatic rings. The molecule has 9 unspecified atom stereocenters. The van der Waals surface area contributed by atoms with Gasteiger partial charge in [-0.1, -0.05) is 65.0 Å². The maximum atomic E-state index is 13.6. The van der Waals surface area contributed by atoms with Crippen LogP contribution in [0.1, 0.15) is 115 Å². The second-order valence-electron chi connectivity index (χ2n) is 18.5. The van der Waals surface area contributed by atoms with E-state index in [0.717, 1.165) is 38.5 Å². The van der Waals surface area contributed by atoms with Gasteiger partial charge in [-0.05, 0) is 139 Å². The summed E-state index contributed by atoms with van der Waals surface area (Å²) in [5.74, 6) is -0.741. The lowest BCUT2D eigenvalue weighted by Gasteiger charge is -2.72. The number of benzene rings is 1. The number of ether oxygens (including phenoxy) is 1. The Bertz CT molecular complexity index is 1560. The van der Waals surface area contributed by atoms with E-state index in [9.17, 15) is 18.4 Å². The highest BCUT2D eigenvalue weighted by atomic mass is 19.3. The summed E-state index contributed by atoms with van der Waals surface area (Å²) >= 11 is 0. The van der Waals surface area contributed by atoms with E-state index in [1.165, 1.54) is 43.1 Å². The molecular formula is C42H58F2N2O3. The van der Waals surface area contributed by atoms with Crippen molar-refractivity contribution in [3.8, 4) is 0 Å². The maximum absolute atomic E-state index is 13.6. The summed E-state index contributed by atoms with van der Waals surface area (Å²) in [6.45, 7) is 18.8. The van der Waals surface area contributed by atoms with Crippen LogP contribution in [0.5, 0.6) is 0 Å². The van der Waals surface area contributed by atoms with Gasteiger partial charge < -0.3 is 10.1 Å². The van der Waals surface area contributed by atoms with E-state index in [-0.39, 0.29) is 58.7 Å². The highest BCUT2D eigenvalue weighted by Crippen LogP contribution is 2.76. The predicted octanol–water partition coefficient (Wildman–Crippen LogP) is 8.94. The number of nitrogens with zero attached hydrogens (tertiary/aromatic N) is 1. The van der Waals surface area contributed by atoms with Crippen LogP contribution in [-0.4, -0.2) is 55.0 Å². The van der Waals surface area contributed by atoms with Gasteiger partial charge in [-0.25, -0.2) is 13.6 Å². The van der Waals surface area contributed by atoms with Gasteiger partial charge in [0.05, 0.1) is 32.3 Å². The van der Waals surface area contributed by atoms with E-state index in [4.69, 9.17) is 4.74 Å². The van der Waals surface area contributed by atoms with E-state index >= 15 is 0 Å². The Balaban J connectivity index is 1.17. The molecule has 5 nitrogen and oxygen atoms in total. The molecule has 0 spiro atoms. The summed E-state index contributed by atoms with van der Waals surface area (Å²) in [5.41, 5.74) is 4.59. The van der Waals surface area contributed by atoms with Gasteiger partial charge in [0.15, 0.2) is 0 Å². The molecule has 0 aromatic heterocycles. The molecule has 5 fully saturated rings. The number of fused-ring (bicyclic) bond motifs is 7. The molecule has 4 saturated carbocycles. The van der Waals surface area contributed by atoms with Crippen LogP contribution >= 0.6 is 0 Å². The molecule has 1 saturated heterocycles. The monoisotopic (exact) mass is 676 g/mol. The summed E-state index contributed by atoms with van der Waals surface area (Å²) in [5, 5.41) is 3.54. The standard InChI is InChI=1S/C42H58F2N2O3/c1-26(2)29-15-20-41(45-34(47)23-46-24-42(43,44)25-46)22-21-39(6)31(35(29)41)13-14-33-38(5)18-16-30(27-9-11-28(12-10-27)36(48)49-8)37(3,4)32(38)17-19-40(33,39)7/h9-12,16,29,31-33,35H,1,13-15,17-25H2,2-8H3,(H,45,47). The minimum atomic E-state index is -2.67. The number of nitrogens with one attached hydrogen (secondary N) is 1. The molecule has 1 heterocycles. The summed E-state index contributed by atoms with van der Waals surface area (Å²) < 4.78 is 32.1. The molecule has 49 heavy (non-hydrogen) atoms. The number of halogens is 2. The molecule has 7 heteroatoms. The molecule has 1 aromatic rings. The Hall–Kier alpha value is -2.54. The highest BCUT2D eigenvalue weighted by molar-refractivity contribution is 5.90. The number of allylic oxidation sites excluding steroid dienone is 3. The Morgan fingerprint density at radius 1 is 0.918 bits per heavy atom. The molecule has 9 atom stereocenters. The number of hydrogen-bond donors (Lipinski definition) is 1. The minimum absolute atomic E-state index is 0.0121. The zero-order chi connectivity index (χ0) is 35.4. The quantitative estimate of drug-likeness (QED) is 0.242. The molecule has 268 valence electrons. The van der Waals surface area contributed by atoms with Crippen molar-refractivity contribution < 1.29 is 23.1 Å². The molecule has 0 bridgehead atoms. The van der Waals surface area contributed by atoms with Crippen LogP contribution in [0.4, 0.5) is 8.78 Å². The molecule has 5 aliphatic carbocycles. The van der Waals surface area contributed by atoms with Crippen LogP contribution in [0.3, 0.4) is 0 Å². The fraction of sp³-hybridized carbons (Fsp3) is 0.714. The maximum Gasteiger partial charge on any atom is 0.337 e. The van der Waals surface area contributed by atoms with Crippen LogP contribution in [0, 0.1) is 51.2 Å². The summed E-state index contributed by atoms with van der Waals surface area (Å²) in [6, 6.07) is 7.96. The molecule has 1 aromatic carbocycles. The zero-order valence-corrected chi connectivity index (χ0v) is 30.9. The normalized spacial score (nSPS) is 41.9. The number of carbonyl (C=O) groups excluding carboxylic acids is 2. The smallest absolute Gasteiger partial charge is 0.337 e. The van der Waals surface area contributed by atoms with Crippen molar-refractivity contribution in [1.29, 1.82) is 0 Å². The summed E-state index contributed by atoms with van der Waals surface area (Å²) in [6.07, 6.45) is 12.4. The third-order valence-corrected chi connectivity index (χ3v) is 15.9. The fourth-order valence-corrected chi connectivity index (χ4v) is 13.6. The van der Waals surface area contributed by atoms with Crippen molar-refractivity contribution in [2.24, 2.45) is 51.2 Å². The minimum Gasteiger partial charge on any atom is -0.465 e. The number of hydrogen-bond acceptors (Lipinski definition) is 4. The first-order valence-electron chi connectivity index (χ1n) is 18.9. The number of methoxy groups -OCH3 is 1. The number of likely N-dealkylation sites (tertiary alicyclic amines) is 1. The topological polar surface area (TPSA) is 58.6 Å². The van der Waals surface area contributed by atoms with E-state index in [1.807, 2.05) is 12.1 Å². The molecule has 0 radical (unpaired) electrons. The second-order valence-corrected chi connectivity index (χ2v) is 18.5. The second kappa shape index (κ2) is 11.5. The van der Waals surface area contributed by atoms with E-state index in [0.29, 0.717) is 35.2 Å². The van der Waals surface area contributed by atoms with Crippen molar-refractivity contribution >= 4 is 17.4 Å². The third-order valence-electron chi connectivity index (χ3n) is 15.9. The molecular weight excluding hydrogens is 618 g/mol. The largest absolute Gasteiger partial charge is 0.465 e. The number of carbonyl (C=O) groups is 2. The van der Waals surface area contributed by atoms with E-state index < -0.39 is 5.92 Å². The lowest BCUT2D eigenvalue weighted by molar-refractivity contribution is -0.219. The lowest BCUT2D eigenvalue weighted by atomic mass is 9.33. The Kier molecular flexibility index (Phi) is 8.18. The first kappa shape index (κ1) is 34.9. The van der Waals surface area contributed by atoms with Crippen LogP contribution < -0.4 is 5.32 Å². The van der Waals surface area contributed by atoms with E-state index in [2.05, 4.69) is 71.6 Å². The number of esters is 1. The van der Waals surface area contributed by atoms with Crippen molar-refractivity contribution in [2.75, 3.05) is 26.7 Å². The van der Waals surface area contributed by atoms with Gasteiger partial charge in [0.2, 0.25) is 5.91 Å². The Morgan fingerprint density at radius 2 is 1.61 bits per heavy atom. The number of amides is 1. The SMILES string of the molecule is C=C(C)C1CCC2(NC(=O)CN3CC(F)(F)C3)CCC3(C)C(CCC4C5(C)CC=C(c6ccc(C(=O)OC)cc6)C(C)(C)C5CCC43C)C12. The predicted molar refractivity (Wildman–Crippen MR) is 190 cm³/mol. The first-order chi connectivity index (χ1) is 22.9. The van der Waals surface area contributed by atoms with Gasteiger partial charge in [-0.15, -0.1) is 0 Å². The molecule has 7 rings (SSSR count). The van der Waals surface area contributed by atoms with E-state index in [1.54, 1.807) is 4.90 Å². The van der Waals surface area contributed by atoms with Gasteiger partial charge in [0, 0.05) is 5.54 Å². The average Bonchev–Trinajstić information content (AvgIpc) is 3.39. The average molecular weight is 677 g/mol. The van der Waals surface area contributed by atoms with Crippen LogP contribution in [0.2, 0.25) is 0 Å². The first-order valence-corrected chi connectivity index (χ1v) is 18.9. The van der Waals surface area contributed by atoms with Crippen LogP contribution in [0.25, 0.3) is 5.57 Å².